The van der Waals surface area contributed by atoms with Crippen LogP contribution in [0.15, 0.2) is 53.1 Å². The zero-order valence-electron chi connectivity index (χ0n) is 13.0. The molecule has 25 heavy (non-hydrogen) atoms. The van der Waals surface area contributed by atoms with Gasteiger partial charge in [-0.15, -0.1) is 11.3 Å². The molecule has 3 heterocycles. The monoisotopic (exact) mass is 416 g/mol. The summed E-state index contributed by atoms with van der Waals surface area (Å²) < 4.78 is 12.0. The van der Waals surface area contributed by atoms with Gasteiger partial charge in [-0.3, -0.25) is 4.79 Å². The Morgan fingerprint density at radius 3 is 2.72 bits per heavy atom. The van der Waals surface area contributed by atoms with Gasteiger partial charge in [-0.1, -0.05) is 0 Å². The summed E-state index contributed by atoms with van der Waals surface area (Å²) in [6, 6.07) is 13.1. The molecule has 1 aromatic carbocycles. The Balaban J connectivity index is 1.53. The van der Waals surface area contributed by atoms with Gasteiger partial charge in [-0.05, 0) is 64.0 Å². The van der Waals surface area contributed by atoms with Crippen LogP contribution in [0.2, 0.25) is 0 Å². The molecular weight excluding hydrogens is 404 g/mol. The smallest absolute Gasteiger partial charge is 0.266 e. The summed E-state index contributed by atoms with van der Waals surface area (Å²) in [5.74, 6) is 1.83. The van der Waals surface area contributed by atoms with Crippen molar-refractivity contribution >= 4 is 39.0 Å². The number of benzene rings is 1. The molecule has 1 aliphatic heterocycles. The number of rotatable bonds is 3. The fraction of sp³-hybridized carbons (Fsp3) is 0.111. The SMILES string of the molecule is O=C(Nc1ccc(Br)cn1)c1ccc(-c2ccc3c(c2)OCCO3)s1. The van der Waals surface area contributed by atoms with Crippen molar-refractivity contribution in [2.75, 3.05) is 18.5 Å². The lowest BCUT2D eigenvalue weighted by molar-refractivity contribution is 0.103. The highest BCUT2D eigenvalue weighted by Gasteiger charge is 2.15. The van der Waals surface area contributed by atoms with Crippen molar-refractivity contribution < 1.29 is 14.3 Å². The Bertz CT molecular complexity index is 924. The molecule has 3 aromatic rings. The number of nitrogens with one attached hydrogen (secondary N) is 1. The lowest BCUT2D eigenvalue weighted by Gasteiger charge is -2.18. The molecular formula is C18H13BrN2O3S. The van der Waals surface area contributed by atoms with Crippen LogP contribution in [-0.2, 0) is 0 Å². The first-order valence-corrected chi connectivity index (χ1v) is 9.23. The number of fused-ring (bicyclic) bond motifs is 1. The van der Waals surface area contributed by atoms with E-state index in [1.807, 2.05) is 36.4 Å². The number of carbonyl (C=O) groups excluding carboxylic acids is 1. The molecule has 0 aliphatic carbocycles. The zero-order valence-corrected chi connectivity index (χ0v) is 15.4. The molecule has 0 radical (unpaired) electrons. The van der Waals surface area contributed by atoms with Crippen LogP contribution in [0.4, 0.5) is 5.82 Å². The third-order valence-corrected chi connectivity index (χ3v) is 5.23. The normalized spacial score (nSPS) is 12.7. The van der Waals surface area contributed by atoms with Crippen molar-refractivity contribution in [1.29, 1.82) is 0 Å². The quantitative estimate of drug-likeness (QED) is 0.677. The summed E-state index contributed by atoms with van der Waals surface area (Å²) in [5.41, 5.74) is 0.995. The third kappa shape index (κ3) is 3.52. The molecule has 0 saturated carbocycles. The first-order valence-electron chi connectivity index (χ1n) is 7.62. The van der Waals surface area contributed by atoms with Crippen molar-refractivity contribution in [3.05, 3.63) is 58.0 Å². The number of aromatic nitrogens is 1. The second-order valence-corrected chi connectivity index (χ2v) is 7.34. The molecule has 0 saturated heterocycles. The van der Waals surface area contributed by atoms with Gasteiger partial charge >= 0.3 is 0 Å². The van der Waals surface area contributed by atoms with Crippen molar-refractivity contribution in [2.24, 2.45) is 0 Å². The number of hydrogen-bond acceptors (Lipinski definition) is 5. The van der Waals surface area contributed by atoms with E-state index in [9.17, 15) is 4.79 Å². The van der Waals surface area contributed by atoms with Crippen LogP contribution in [0.25, 0.3) is 10.4 Å². The Hall–Kier alpha value is -2.38. The number of carbonyl (C=O) groups is 1. The first kappa shape index (κ1) is 16.1. The van der Waals surface area contributed by atoms with Crippen LogP contribution in [-0.4, -0.2) is 24.1 Å². The van der Waals surface area contributed by atoms with Crippen LogP contribution < -0.4 is 14.8 Å². The van der Waals surface area contributed by atoms with Crippen LogP contribution in [0.3, 0.4) is 0 Å². The van der Waals surface area contributed by atoms with Gasteiger partial charge in [-0.2, -0.15) is 0 Å². The molecule has 2 aromatic heterocycles. The molecule has 4 rings (SSSR count). The summed E-state index contributed by atoms with van der Waals surface area (Å²) in [4.78, 5) is 18.1. The molecule has 7 heteroatoms. The number of nitrogens with zero attached hydrogens (tertiary/aromatic N) is 1. The lowest BCUT2D eigenvalue weighted by atomic mass is 10.1. The second kappa shape index (κ2) is 6.85. The summed E-state index contributed by atoms with van der Waals surface area (Å²) in [6.45, 7) is 1.12. The highest BCUT2D eigenvalue weighted by atomic mass is 79.9. The van der Waals surface area contributed by atoms with Gasteiger partial charge < -0.3 is 14.8 Å². The van der Waals surface area contributed by atoms with Gasteiger partial charge in [0.15, 0.2) is 11.5 Å². The van der Waals surface area contributed by atoms with Crippen LogP contribution in [0.5, 0.6) is 11.5 Å². The lowest BCUT2D eigenvalue weighted by Crippen LogP contribution is -2.15. The molecule has 0 bridgehead atoms. The molecule has 1 N–H and O–H groups in total. The largest absolute Gasteiger partial charge is 0.486 e. The zero-order chi connectivity index (χ0) is 17.2. The minimum absolute atomic E-state index is 0.177. The van der Waals surface area contributed by atoms with E-state index in [0.717, 1.165) is 26.4 Å². The number of pyridine rings is 1. The molecule has 0 unspecified atom stereocenters. The molecule has 1 aliphatic rings. The molecule has 1 amide bonds. The van der Waals surface area contributed by atoms with Crippen molar-refractivity contribution in [3.63, 3.8) is 0 Å². The molecule has 0 fully saturated rings. The minimum atomic E-state index is -0.177. The molecule has 5 nitrogen and oxygen atoms in total. The number of halogens is 1. The predicted octanol–water partition coefficient (Wildman–Crippen LogP) is 4.60. The van der Waals surface area contributed by atoms with E-state index in [1.165, 1.54) is 11.3 Å². The van der Waals surface area contributed by atoms with Gasteiger partial charge in [0.25, 0.3) is 5.91 Å². The standard InChI is InChI=1S/C18H13BrN2O3S/c19-12-2-6-17(20-10-12)21-18(22)16-5-4-15(25-16)11-1-3-13-14(9-11)24-8-7-23-13/h1-6,9-10H,7-8H2,(H,20,21,22). The highest BCUT2D eigenvalue weighted by molar-refractivity contribution is 9.10. The Labute approximate surface area is 156 Å². The Morgan fingerprint density at radius 2 is 1.92 bits per heavy atom. The van der Waals surface area contributed by atoms with E-state index >= 15 is 0 Å². The van der Waals surface area contributed by atoms with Crippen LogP contribution in [0, 0.1) is 0 Å². The van der Waals surface area contributed by atoms with E-state index in [4.69, 9.17) is 9.47 Å². The van der Waals surface area contributed by atoms with Crippen molar-refractivity contribution in [3.8, 4) is 21.9 Å². The average molecular weight is 417 g/mol. The van der Waals surface area contributed by atoms with Crippen molar-refractivity contribution in [1.82, 2.24) is 4.98 Å². The highest BCUT2D eigenvalue weighted by Crippen LogP contribution is 2.37. The Kier molecular flexibility index (Phi) is 4.42. The number of anilines is 1. The van der Waals surface area contributed by atoms with Crippen molar-refractivity contribution in [2.45, 2.75) is 0 Å². The van der Waals surface area contributed by atoms with Gasteiger partial charge in [0.2, 0.25) is 0 Å². The summed E-state index contributed by atoms with van der Waals surface area (Å²) in [7, 11) is 0. The number of ether oxygens (including phenoxy) is 2. The summed E-state index contributed by atoms with van der Waals surface area (Å²) in [5, 5.41) is 2.79. The van der Waals surface area contributed by atoms with E-state index < -0.39 is 0 Å². The van der Waals surface area contributed by atoms with Gasteiger partial charge in [0.05, 0.1) is 4.88 Å². The topological polar surface area (TPSA) is 60.5 Å². The average Bonchev–Trinajstić information content (AvgIpc) is 3.13. The maximum atomic E-state index is 12.4. The summed E-state index contributed by atoms with van der Waals surface area (Å²) in [6.07, 6.45) is 1.64. The Morgan fingerprint density at radius 1 is 1.08 bits per heavy atom. The number of amides is 1. The maximum Gasteiger partial charge on any atom is 0.266 e. The minimum Gasteiger partial charge on any atom is -0.486 e. The molecule has 0 atom stereocenters. The number of thiophene rings is 1. The number of hydrogen-bond donors (Lipinski definition) is 1. The maximum absolute atomic E-state index is 12.4. The van der Waals surface area contributed by atoms with Gasteiger partial charge in [-0.25, -0.2) is 4.98 Å². The van der Waals surface area contributed by atoms with E-state index in [0.29, 0.717) is 23.9 Å². The fourth-order valence-electron chi connectivity index (χ4n) is 2.44. The van der Waals surface area contributed by atoms with E-state index in [-0.39, 0.29) is 5.91 Å². The predicted molar refractivity (Wildman–Crippen MR) is 101 cm³/mol. The first-order chi connectivity index (χ1) is 12.2. The second-order valence-electron chi connectivity index (χ2n) is 5.34. The van der Waals surface area contributed by atoms with E-state index in [2.05, 4.69) is 26.2 Å². The molecule has 0 spiro atoms. The van der Waals surface area contributed by atoms with E-state index in [1.54, 1.807) is 12.3 Å². The van der Waals surface area contributed by atoms with Crippen LogP contribution >= 0.6 is 27.3 Å². The van der Waals surface area contributed by atoms with Crippen LogP contribution in [0.1, 0.15) is 9.67 Å². The summed E-state index contributed by atoms with van der Waals surface area (Å²) >= 11 is 4.74. The third-order valence-electron chi connectivity index (χ3n) is 3.63. The fourth-order valence-corrected chi connectivity index (χ4v) is 3.57. The van der Waals surface area contributed by atoms with Gasteiger partial charge in [0.1, 0.15) is 19.0 Å². The molecule has 126 valence electrons. The van der Waals surface area contributed by atoms with Gasteiger partial charge in [0, 0.05) is 15.5 Å².